The number of amides is 1. The van der Waals surface area contributed by atoms with E-state index in [1.807, 2.05) is 18.0 Å². The molecule has 0 aromatic heterocycles. The van der Waals surface area contributed by atoms with E-state index in [1.54, 1.807) is 13.2 Å². The summed E-state index contributed by atoms with van der Waals surface area (Å²) in [6, 6.07) is -1.12. The lowest BCUT2D eigenvalue weighted by Gasteiger charge is -2.44. The highest BCUT2D eigenvalue weighted by Crippen LogP contribution is 2.30. The van der Waals surface area contributed by atoms with Crippen molar-refractivity contribution in [1.29, 1.82) is 0 Å². The van der Waals surface area contributed by atoms with Crippen molar-refractivity contribution in [3.63, 3.8) is 0 Å². The van der Waals surface area contributed by atoms with Crippen LogP contribution in [-0.2, 0) is 9.53 Å². The smallest absolute Gasteiger partial charge is 0.241 e. The van der Waals surface area contributed by atoms with Gasteiger partial charge in [-0.25, -0.2) is 0 Å². The van der Waals surface area contributed by atoms with Crippen LogP contribution in [0.4, 0.5) is 0 Å². The van der Waals surface area contributed by atoms with Gasteiger partial charge in [-0.3, -0.25) is 9.69 Å². The molecule has 0 bridgehead atoms. The molecule has 8 atom stereocenters. The third kappa shape index (κ3) is 5.76. The minimum Gasteiger partial charge on any atom is -0.388 e. The van der Waals surface area contributed by atoms with E-state index in [4.69, 9.17) is 16.3 Å². The largest absolute Gasteiger partial charge is 0.388 e. The summed E-state index contributed by atoms with van der Waals surface area (Å²) in [4.78, 5) is 14.8. The Morgan fingerprint density at radius 1 is 1.39 bits per heavy atom. The summed E-state index contributed by atoms with van der Waals surface area (Å²) in [5.41, 5.74) is 0.513. The number of halogens is 2. The lowest BCUT2D eigenvalue weighted by atomic mass is 9.93. The fourth-order valence-electron chi connectivity index (χ4n) is 3.65. The van der Waals surface area contributed by atoms with E-state index in [0.717, 1.165) is 19.4 Å². The fourth-order valence-corrected chi connectivity index (χ4v) is 4.54. The Kier molecular flexibility index (Phi) is 10.5. The number of likely N-dealkylation sites (N-methyl/N-ethyl adjacent to an activating group) is 1. The summed E-state index contributed by atoms with van der Waals surface area (Å²) in [6.07, 6.45) is 0.804. The van der Waals surface area contributed by atoms with Gasteiger partial charge in [-0.2, -0.15) is 0 Å². The predicted molar refractivity (Wildman–Crippen MR) is 114 cm³/mol. The highest BCUT2D eigenvalue weighted by Gasteiger charge is 2.48. The van der Waals surface area contributed by atoms with Crippen molar-refractivity contribution < 1.29 is 24.9 Å². The maximum Gasteiger partial charge on any atom is 0.241 e. The molecule has 2 heterocycles. The molecule has 0 radical (unpaired) electrons. The van der Waals surface area contributed by atoms with Crippen LogP contribution in [-0.4, -0.2) is 93.3 Å². The number of rotatable bonds is 7. The molecule has 0 saturated carbocycles. The van der Waals surface area contributed by atoms with E-state index in [9.17, 15) is 20.1 Å². The number of ether oxygens (including phenoxy) is 1. The summed E-state index contributed by atoms with van der Waals surface area (Å²) in [5.74, 6) is -0.224. The average Bonchev–Trinajstić information content (AvgIpc) is 2.99. The molecule has 4 N–H and O–H groups in total. The first-order chi connectivity index (χ1) is 12.7. The standard InChI is InChI=1S/C18H31ClN2O5S.ClH/c1-5-6-10-7-11(21(3)8-10)17(25)20-12(9(2)19)16-14(23)13(22)15(24)18(26-16)27-4;/h7,9,11-16,18,22-24H,5-6,8H2,1-4H3,(H,20,25);1H/t9?,11-,12?,13+,14+,15?,16?,18+;/m0./s1. The van der Waals surface area contributed by atoms with Crippen LogP contribution in [0.2, 0.25) is 0 Å². The van der Waals surface area contributed by atoms with Crippen LogP contribution in [0.25, 0.3) is 0 Å². The zero-order valence-corrected chi connectivity index (χ0v) is 19.0. The minimum atomic E-state index is -1.37. The van der Waals surface area contributed by atoms with Crippen molar-refractivity contribution in [2.45, 2.75) is 74.0 Å². The van der Waals surface area contributed by atoms with Crippen LogP contribution >= 0.6 is 35.8 Å². The Labute approximate surface area is 182 Å². The van der Waals surface area contributed by atoms with Gasteiger partial charge in [0.1, 0.15) is 35.9 Å². The average molecular weight is 459 g/mol. The number of carbonyl (C=O) groups excluding carboxylic acids is 1. The highest BCUT2D eigenvalue weighted by atomic mass is 35.5. The second-order valence-electron chi connectivity index (χ2n) is 7.32. The van der Waals surface area contributed by atoms with E-state index in [0.29, 0.717) is 0 Å². The van der Waals surface area contributed by atoms with E-state index >= 15 is 0 Å². The van der Waals surface area contributed by atoms with Gasteiger partial charge in [-0.1, -0.05) is 25.0 Å². The number of aliphatic hydroxyl groups is 3. The van der Waals surface area contributed by atoms with Crippen LogP contribution in [0.15, 0.2) is 11.6 Å². The molecule has 2 aliphatic rings. The number of nitrogens with zero attached hydrogens (tertiary/aromatic N) is 1. The van der Waals surface area contributed by atoms with Gasteiger partial charge in [0.05, 0.1) is 11.4 Å². The van der Waals surface area contributed by atoms with Gasteiger partial charge < -0.3 is 25.4 Å². The normalized spacial score (nSPS) is 35.6. The van der Waals surface area contributed by atoms with Crippen LogP contribution in [0.3, 0.4) is 0 Å². The quantitative estimate of drug-likeness (QED) is 0.329. The van der Waals surface area contributed by atoms with E-state index in [2.05, 4.69) is 12.2 Å². The summed E-state index contributed by atoms with van der Waals surface area (Å²) in [5, 5.41) is 32.9. The Morgan fingerprint density at radius 3 is 2.57 bits per heavy atom. The first kappa shape index (κ1) is 26.0. The number of alkyl halides is 1. The molecule has 10 heteroatoms. The SMILES string of the molecule is CCCC1=C[C@@H](C(=O)NC(C(C)Cl)C2O[C@H](SC)C(O)[C@H](O)[C@H]2O)N(C)C1.Cl. The number of thioether (sulfide) groups is 1. The third-order valence-corrected chi connectivity index (χ3v) is 6.28. The van der Waals surface area contributed by atoms with Gasteiger partial charge >= 0.3 is 0 Å². The van der Waals surface area contributed by atoms with Gasteiger partial charge in [0.15, 0.2) is 0 Å². The second-order valence-corrected chi connectivity index (χ2v) is 8.95. The van der Waals surface area contributed by atoms with Crippen LogP contribution in [0.1, 0.15) is 26.7 Å². The molecule has 2 aliphatic heterocycles. The molecule has 0 aliphatic carbocycles. The lowest BCUT2D eigenvalue weighted by molar-refractivity contribution is -0.205. The molecule has 1 saturated heterocycles. The van der Waals surface area contributed by atoms with Crippen molar-refractivity contribution in [3.05, 3.63) is 11.6 Å². The van der Waals surface area contributed by atoms with Gasteiger partial charge in [0.2, 0.25) is 5.91 Å². The van der Waals surface area contributed by atoms with E-state index < -0.39 is 47.3 Å². The first-order valence-corrected chi connectivity index (χ1v) is 11.0. The number of aliphatic hydroxyl groups excluding tert-OH is 3. The Balaban J connectivity index is 0.00000392. The topological polar surface area (TPSA) is 102 Å². The van der Waals surface area contributed by atoms with Crippen molar-refractivity contribution in [2.24, 2.45) is 0 Å². The van der Waals surface area contributed by atoms with Crippen molar-refractivity contribution in [3.8, 4) is 0 Å². The monoisotopic (exact) mass is 458 g/mol. The molecular formula is C18H32Cl2N2O5S. The van der Waals surface area contributed by atoms with Crippen molar-refractivity contribution in [2.75, 3.05) is 19.8 Å². The van der Waals surface area contributed by atoms with Crippen LogP contribution in [0.5, 0.6) is 0 Å². The first-order valence-electron chi connectivity index (χ1n) is 9.27. The number of hydrogen-bond acceptors (Lipinski definition) is 7. The molecule has 0 aromatic carbocycles. The zero-order chi connectivity index (χ0) is 20.3. The van der Waals surface area contributed by atoms with Crippen LogP contribution in [0, 0.1) is 0 Å². The lowest BCUT2D eigenvalue weighted by Crippen LogP contribution is -2.65. The van der Waals surface area contributed by atoms with Gasteiger partial charge in [-0.15, -0.1) is 35.8 Å². The predicted octanol–water partition coefficient (Wildman–Crippen LogP) is 0.731. The van der Waals surface area contributed by atoms with Gasteiger partial charge in [-0.05, 0) is 26.6 Å². The molecule has 7 nitrogen and oxygen atoms in total. The fraction of sp³-hybridized carbons (Fsp3) is 0.833. The molecule has 0 aromatic rings. The molecule has 1 fully saturated rings. The Hall–Kier alpha value is -0.0600. The van der Waals surface area contributed by atoms with Gasteiger partial charge in [0, 0.05) is 6.54 Å². The maximum atomic E-state index is 12.9. The Morgan fingerprint density at radius 2 is 2.04 bits per heavy atom. The molecule has 28 heavy (non-hydrogen) atoms. The third-order valence-electron chi connectivity index (χ3n) is 5.16. The van der Waals surface area contributed by atoms with Gasteiger partial charge in [0.25, 0.3) is 0 Å². The maximum absolute atomic E-state index is 12.9. The van der Waals surface area contributed by atoms with Crippen molar-refractivity contribution in [1.82, 2.24) is 10.2 Å². The summed E-state index contributed by atoms with van der Waals surface area (Å²) < 4.78 is 5.78. The summed E-state index contributed by atoms with van der Waals surface area (Å²) in [6.45, 7) is 4.54. The van der Waals surface area contributed by atoms with Crippen molar-refractivity contribution >= 4 is 41.7 Å². The minimum absolute atomic E-state index is 0. The second kappa shape index (κ2) is 11.4. The molecule has 164 valence electrons. The molecule has 2 rings (SSSR count). The Bertz CT molecular complexity index is 552. The molecular weight excluding hydrogens is 427 g/mol. The number of nitrogens with one attached hydrogen (secondary N) is 1. The van der Waals surface area contributed by atoms with E-state index in [-0.39, 0.29) is 18.3 Å². The molecule has 0 spiro atoms. The summed E-state index contributed by atoms with van der Waals surface area (Å²) in [7, 11) is 1.89. The molecule has 1 amide bonds. The highest BCUT2D eigenvalue weighted by molar-refractivity contribution is 7.99. The van der Waals surface area contributed by atoms with E-state index in [1.165, 1.54) is 17.3 Å². The summed E-state index contributed by atoms with van der Waals surface area (Å²) >= 11 is 7.52. The molecule has 4 unspecified atom stereocenters. The number of carbonyl (C=O) groups is 1. The van der Waals surface area contributed by atoms with Crippen LogP contribution < -0.4 is 5.32 Å². The zero-order valence-electron chi connectivity index (χ0n) is 16.6. The number of hydrogen-bond donors (Lipinski definition) is 4.